The molecular formula is C21H23NO2S. The SMILES string of the molecule is COc1ccc(Cc2nc(-c3cc(C(C)C)ccc3OC)cs2)cc1. The van der Waals surface area contributed by atoms with Gasteiger partial charge in [-0.3, -0.25) is 0 Å². The first kappa shape index (κ1) is 17.5. The first-order valence-corrected chi connectivity index (χ1v) is 9.24. The van der Waals surface area contributed by atoms with E-state index in [-0.39, 0.29) is 0 Å². The van der Waals surface area contributed by atoms with Crippen molar-refractivity contribution >= 4 is 11.3 Å². The van der Waals surface area contributed by atoms with Crippen molar-refractivity contribution in [2.75, 3.05) is 14.2 Å². The molecule has 3 nitrogen and oxygen atoms in total. The van der Waals surface area contributed by atoms with E-state index in [0.29, 0.717) is 5.92 Å². The van der Waals surface area contributed by atoms with Gasteiger partial charge in [0.1, 0.15) is 11.5 Å². The van der Waals surface area contributed by atoms with Crippen molar-refractivity contribution in [1.29, 1.82) is 0 Å². The standard InChI is InChI=1S/C21H23NO2S/c1-14(2)16-7-10-20(24-4)18(12-16)19-13-25-21(22-19)11-15-5-8-17(23-3)9-6-15/h5-10,12-14H,11H2,1-4H3. The van der Waals surface area contributed by atoms with Gasteiger partial charge in [-0.05, 0) is 41.3 Å². The van der Waals surface area contributed by atoms with Gasteiger partial charge >= 0.3 is 0 Å². The van der Waals surface area contributed by atoms with E-state index in [1.54, 1.807) is 25.6 Å². The number of methoxy groups -OCH3 is 2. The Hall–Kier alpha value is -2.33. The first-order chi connectivity index (χ1) is 12.1. The third-order valence-corrected chi connectivity index (χ3v) is 5.08. The molecule has 2 aromatic carbocycles. The van der Waals surface area contributed by atoms with E-state index >= 15 is 0 Å². The molecule has 0 saturated heterocycles. The number of hydrogen-bond acceptors (Lipinski definition) is 4. The monoisotopic (exact) mass is 353 g/mol. The van der Waals surface area contributed by atoms with Gasteiger partial charge in [-0.25, -0.2) is 4.98 Å². The fourth-order valence-electron chi connectivity index (χ4n) is 2.72. The first-order valence-electron chi connectivity index (χ1n) is 8.36. The molecule has 25 heavy (non-hydrogen) atoms. The molecule has 1 aromatic heterocycles. The molecule has 0 unspecified atom stereocenters. The topological polar surface area (TPSA) is 31.4 Å². The zero-order valence-corrected chi connectivity index (χ0v) is 15.9. The summed E-state index contributed by atoms with van der Waals surface area (Å²) in [4.78, 5) is 4.83. The molecule has 0 N–H and O–H groups in total. The Morgan fingerprint density at radius 2 is 1.76 bits per heavy atom. The molecule has 0 amide bonds. The molecule has 130 valence electrons. The lowest BCUT2D eigenvalue weighted by Gasteiger charge is -2.11. The maximum absolute atomic E-state index is 5.54. The van der Waals surface area contributed by atoms with E-state index in [4.69, 9.17) is 14.5 Å². The van der Waals surface area contributed by atoms with Gasteiger partial charge in [0.05, 0.1) is 24.9 Å². The molecule has 0 spiro atoms. The van der Waals surface area contributed by atoms with Crippen molar-refractivity contribution in [1.82, 2.24) is 4.98 Å². The lowest BCUT2D eigenvalue weighted by Crippen LogP contribution is -1.93. The predicted molar refractivity (Wildman–Crippen MR) is 104 cm³/mol. The molecule has 0 saturated carbocycles. The molecule has 1 heterocycles. The van der Waals surface area contributed by atoms with E-state index in [2.05, 4.69) is 43.5 Å². The highest BCUT2D eigenvalue weighted by Gasteiger charge is 2.12. The summed E-state index contributed by atoms with van der Waals surface area (Å²) in [5.74, 6) is 2.21. The maximum atomic E-state index is 5.54. The highest BCUT2D eigenvalue weighted by atomic mass is 32.1. The summed E-state index contributed by atoms with van der Waals surface area (Å²) >= 11 is 1.68. The Kier molecular flexibility index (Phi) is 5.39. The van der Waals surface area contributed by atoms with Gasteiger partial charge in [-0.15, -0.1) is 11.3 Å². The zero-order valence-electron chi connectivity index (χ0n) is 15.1. The maximum Gasteiger partial charge on any atom is 0.128 e. The van der Waals surface area contributed by atoms with Gasteiger partial charge in [0.25, 0.3) is 0 Å². The van der Waals surface area contributed by atoms with Crippen LogP contribution in [-0.2, 0) is 6.42 Å². The number of benzene rings is 2. The smallest absolute Gasteiger partial charge is 0.128 e. The normalized spacial score (nSPS) is 10.9. The van der Waals surface area contributed by atoms with Crippen LogP contribution in [0.2, 0.25) is 0 Å². The van der Waals surface area contributed by atoms with Crippen LogP contribution in [0.25, 0.3) is 11.3 Å². The summed E-state index contributed by atoms with van der Waals surface area (Å²) in [5.41, 5.74) is 4.56. The number of aromatic nitrogens is 1. The average molecular weight is 353 g/mol. The molecule has 0 aliphatic carbocycles. The molecule has 3 aromatic rings. The Morgan fingerprint density at radius 1 is 1.00 bits per heavy atom. The van der Waals surface area contributed by atoms with E-state index in [9.17, 15) is 0 Å². The van der Waals surface area contributed by atoms with Crippen molar-refractivity contribution in [3.05, 3.63) is 64.0 Å². The molecule has 0 bridgehead atoms. The lowest BCUT2D eigenvalue weighted by molar-refractivity contribution is 0.414. The number of rotatable bonds is 6. The number of nitrogens with zero attached hydrogens (tertiary/aromatic N) is 1. The van der Waals surface area contributed by atoms with Crippen molar-refractivity contribution in [3.63, 3.8) is 0 Å². The Balaban J connectivity index is 1.86. The summed E-state index contributed by atoms with van der Waals surface area (Å²) in [6, 6.07) is 14.5. The van der Waals surface area contributed by atoms with Crippen LogP contribution in [0.5, 0.6) is 11.5 Å². The average Bonchev–Trinajstić information content (AvgIpc) is 3.10. The predicted octanol–water partition coefficient (Wildman–Crippen LogP) is 5.54. The summed E-state index contributed by atoms with van der Waals surface area (Å²) in [6.07, 6.45) is 0.820. The lowest BCUT2D eigenvalue weighted by atomic mass is 9.99. The second-order valence-corrected chi connectivity index (χ2v) is 7.21. The van der Waals surface area contributed by atoms with Crippen molar-refractivity contribution in [2.24, 2.45) is 0 Å². The van der Waals surface area contributed by atoms with Gasteiger partial charge in [-0.2, -0.15) is 0 Å². The van der Waals surface area contributed by atoms with Gasteiger partial charge in [0.15, 0.2) is 0 Å². The Labute approximate surface area is 153 Å². The van der Waals surface area contributed by atoms with Crippen LogP contribution in [0.1, 0.15) is 35.9 Å². The van der Waals surface area contributed by atoms with Crippen molar-refractivity contribution in [3.8, 4) is 22.8 Å². The molecule has 0 aliphatic heterocycles. The zero-order chi connectivity index (χ0) is 17.8. The minimum absolute atomic E-state index is 0.474. The molecule has 0 aliphatic rings. The van der Waals surface area contributed by atoms with E-state index in [0.717, 1.165) is 34.2 Å². The van der Waals surface area contributed by atoms with E-state index < -0.39 is 0 Å². The Bertz CT molecular complexity index is 837. The highest BCUT2D eigenvalue weighted by Crippen LogP contribution is 2.34. The largest absolute Gasteiger partial charge is 0.497 e. The third-order valence-electron chi connectivity index (χ3n) is 4.23. The van der Waals surface area contributed by atoms with Gasteiger partial charge < -0.3 is 9.47 Å². The van der Waals surface area contributed by atoms with Crippen LogP contribution in [0, 0.1) is 0 Å². The van der Waals surface area contributed by atoms with Crippen LogP contribution >= 0.6 is 11.3 Å². The molecule has 4 heteroatoms. The van der Waals surface area contributed by atoms with Crippen molar-refractivity contribution in [2.45, 2.75) is 26.2 Å². The fourth-order valence-corrected chi connectivity index (χ4v) is 3.55. The van der Waals surface area contributed by atoms with Gasteiger partial charge in [-0.1, -0.05) is 32.0 Å². The Morgan fingerprint density at radius 3 is 2.40 bits per heavy atom. The molecule has 0 radical (unpaired) electrons. The summed E-state index contributed by atoms with van der Waals surface area (Å²) < 4.78 is 10.7. The number of ether oxygens (including phenoxy) is 2. The van der Waals surface area contributed by atoms with E-state index in [1.807, 2.05) is 18.2 Å². The van der Waals surface area contributed by atoms with Crippen LogP contribution in [-0.4, -0.2) is 19.2 Å². The number of hydrogen-bond donors (Lipinski definition) is 0. The minimum atomic E-state index is 0.474. The fraction of sp³-hybridized carbons (Fsp3) is 0.286. The minimum Gasteiger partial charge on any atom is -0.497 e. The quantitative estimate of drug-likeness (QED) is 0.583. The van der Waals surface area contributed by atoms with Crippen LogP contribution in [0.15, 0.2) is 47.8 Å². The van der Waals surface area contributed by atoms with Crippen LogP contribution in [0.4, 0.5) is 0 Å². The summed E-state index contributed by atoms with van der Waals surface area (Å²) in [7, 11) is 3.39. The van der Waals surface area contributed by atoms with Gasteiger partial charge in [0, 0.05) is 17.4 Å². The summed E-state index contributed by atoms with van der Waals surface area (Å²) in [5, 5.41) is 3.21. The van der Waals surface area contributed by atoms with Crippen LogP contribution < -0.4 is 9.47 Å². The molecular weight excluding hydrogens is 330 g/mol. The number of thiazole rings is 1. The second kappa shape index (κ2) is 7.70. The van der Waals surface area contributed by atoms with E-state index in [1.165, 1.54) is 11.1 Å². The van der Waals surface area contributed by atoms with Crippen LogP contribution in [0.3, 0.4) is 0 Å². The highest BCUT2D eigenvalue weighted by molar-refractivity contribution is 7.10. The second-order valence-electron chi connectivity index (χ2n) is 6.27. The van der Waals surface area contributed by atoms with Crippen molar-refractivity contribution < 1.29 is 9.47 Å². The third kappa shape index (κ3) is 4.02. The molecule has 0 fully saturated rings. The molecule has 0 atom stereocenters. The molecule has 3 rings (SSSR count). The van der Waals surface area contributed by atoms with Gasteiger partial charge in [0.2, 0.25) is 0 Å². The summed E-state index contributed by atoms with van der Waals surface area (Å²) in [6.45, 7) is 4.39.